The lowest BCUT2D eigenvalue weighted by Gasteiger charge is -2.05. The number of aromatic carboxylic acids is 1. The van der Waals surface area contributed by atoms with Gasteiger partial charge in [-0.05, 0) is 58.8 Å². The summed E-state index contributed by atoms with van der Waals surface area (Å²) in [4.78, 5) is 22.8. The van der Waals surface area contributed by atoms with Crippen molar-refractivity contribution >= 4 is 39.6 Å². The van der Waals surface area contributed by atoms with Crippen molar-refractivity contribution in [1.29, 1.82) is 0 Å². The summed E-state index contributed by atoms with van der Waals surface area (Å²) in [6.07, 6.45) is 2.83. The van der Waals surface area contributed by atoms with E-state index in [-0.39, 0.29) is 11.5 Å². The molecule has 0 unspecified atom stereocenters. The van der Waals surface area contributed by atoms with Crippen LogP contribution in [0.3, 0.4) is 0 Å². The maximum Gasteiger partial charge on any atom is 0.336 e. The van der Waals surface area contributed by atoms with Crippen LogP contribution < -0.4 is 5.32 Å². The monoisotopic (exact) mass is 349 g/mol. The minimum Gasteiger partial charge on any atom is -0.478 e. The van der Waals surface area contributed by atoms with Crippen molar-refractivity contribution in [1.82, 2.24) is 0 Å². The van der Waals surface area contributed by atoms with Crippen molar-refractivity contribution < 1.29 is 19.1 Å². The van der Waals surface area contributed by atoms with Crippen molar-refractivity contribution in [3.63, 3.8) is 0 Å². The first-order valence-corrected chi connectivity index (χ1v) is 6.83. The molecule has 1 heterocycles. The SMILES string of the molecule is Cc1ccc(NC(=O)C=Cc2ccc(Br)o2)cc1C(=O)O. The van der Waals surface area contributed by atoms with Crippen LogP contribution in [0.5, 0.6) is 0 Å². The molecule has 0 bridgehead atoms. The average Bonchev–Trinajstić information content (AvgIpc) is 2.84. The number of carbonyl (C=O) groups is 2. The van der Waals surface area contributed by atoms with Crippen LogP contribution in [0, 0.1) is 6.92 Å². The zero-order valence-corrected chi connectivity index (χ0v) is 12.7. The number of rotatable bonds is 4. The first-order valence-electron chi connectivity index (χ1n) is 6.04. The Bertz CT molecular complexity index is 718. The van der Waals surface area contributed by atoms with E-state index in [1.165, 1.54) is 18.2 Å². The summed E-state index contributed by atoms with van der Waals surface area (Å²) in [6.45, 7) is 1.70. The van der Waals surface area contributed by atoms with Gasteiger partial charge in [0.25, 0.3) is 0 Å². The van der Waals surface area contributed by atoms with Crippen LogP contribution in [0.15, 0.2) is 45.5 Å². The van der Waals surface area contributed by atoms with Gasteiger partial charge in [0.1, 0.15) is 5.76 Å². The van der Waals surface area contributed by atoms with Crippen LogP contribution in [-0.2, 0) is 4.79 Å². The molecule has 0 spiro atoms. The summed E-state index contributed by atoms with van der Waals surface area (Å²) in [6, 6.07) is 8.15. The van der Waals surface area contributed by atoms with Crippen molar-refractivity contribution in [2.45, 2.75) is 6.92 Å². The number of anilines is 1. The largest absolute Gasteiger partial charge is 0.478 e. The molecule has 0 atom stereocenters. The van der Waals surface area contributed by atoms with Gasteiger partial charge in [0.2, 0.25) is 5.91 Å². The topological polar surface area (TPSA) is 79.5 Å². The smallest absolute Gasteiger partial charge is 0.336 e. The van der Waals surface area contributed by atoms with E-state index in [0.29, 0.717) is 21.7 Å². The number of benzene rings is 1. The van der Waals surface area contributed by atoms with Gasteiger partial charge >= 0.3 is 5.97 Å². The fourth-order valence-corrected chi connectivity index (χ4v) is 2.01. The standard InChI is InChI=1S/C15H12BrNO4/c1-9-2-3-10(8-12(9)15(19)20)17-14(18)7-5-11-4-6-13(16)21-11/h2-8H,1H3,(H,17,18)(H,19,20). The Morgan fingerprint density at radius 1 is 1.29 bits per heavy atom. The highest BCUT2D eigenvalue weighted by atomic mass is 79.9. The summed E-state index contributed by atoms with van der Waals surface area (Å²) in [5, 5.41) is 11.6. The van der Waals surface area contributed by atoms with Gasteiger partial charge < -0.3 is 14.8 Å². The van der Waals surface area contributed by atoms with E-state index < -0.39 is 5.97 Å². The third-order valence-corrected chi connectivity index (χ3v) is 3.15. The Labute approximate surface area is 129 Å². The average molecular weight is 350 g/mol. The molecule has 0 aliphatic carbocycles. The zero-order valence-electron chi connectivity index (χ0n) is 11.1. The maximum atomic E-state index is 11.8. The highest BCUT2D eigenvalue weighted by molar-refractivity contribution is 9.10. The number of hydrogen-bond donors (Lipinski definition) is 2. The predicted octanol–water partition coefficient (Wildman–Crippen LogP) is 3.70. The molecule has 0 fully saturated rings. The Morgan fingerprint density at radius 3 is 2.67 bits per heavy atom. The molecule has 1 amide bonds. The Balaban J connectivity index is 2.07. The lowest BCUT2D eigenvalue weighted by molar-refractivity contribution is -0.111. The van der Waals surface area contributed by atoms with Gasteiger partial charge in [-0.2, -0.15) is 0 Å². The second-order valence-corrected chi connectivity index (χ2v) is 5.08. The number of carbonyl (C=O) groups excluding carboxylic acids is 1. The van der Waals surface area contributed by atoms with E-state index in [0.717, 1.165) is 0 Å². The first-order chi connectivity index (χ1) is 9.95. The molecule has 0 saturated heterocycles. The van der Waals surface area contributed by atoms with Crippen LogP contribution >= 0.6 is 15.9 Å². The highest BCUT2D eigenvalue weighted by Crippen LogP contribution is 2.17. The second kappa shape index (κ2) is 6.41. The van der Waals surface area contributed by atoms with E-state index in [1.807, 2.05) is 0 Å². The number of furan rings is 1. The van der Waals surface area contributed by atoms with Crippen LogP contribution in [0.1, 0.15) is 21.7 Å². The lowest BCUT2D eigenvalue weighted by Crippen LogP contribution is -2.09. The van der Waals surface area contributed by atoms with E-state index in [4.69, 9.17) is 9.52 Å². The van der Waals surface area contributed by atoms with Crippen LogP contribution in [0.2, 0.25) is 0 Å². The molecule has 0 radical (unpaired) electrons. The normalized spacial score (nSPS) is 10.8. The quantitative estimate of drug-likeness (QED) is 0.824. The Hall–Kier alpha value is -2.34. The minimum absolute atomic E-state index is 0.159. The van der Waals surface area contributed by atoms with Gasteiger partial charge in [-0.15, -0.1) is 0 Å². The molecule has 0 saturated carbocycles. The third-order valence-electron chi connectivity index (χ3n) is 2.73. The maximum absolute atomic E-state index is 11.8. The molecule has 108 valence electrons. The molecule has 0 aliphatic rings. The van der Waals surface area contributed by atoms with Crippen molar-refractivity contribution in [2.75, 3.05) is 5.32 Å². The Morgan fingerprint density at radius 2 is 2.05 bits per heavy atom. The summed E-state index contributed by atoms with van der Waals surface area (Å²) >= 11 is 3.16. The Kier molecular flexibility index (Phi) is 4.59. The first kappa shape index (κ1) is 15.1. The summed E-state index contributed by atoms with van der Waals surface area (Å²) in [5.74, 6) is -0.866. The van der Waals surface area contributed by atoms with Gasteiger partial charge in [-0.25, -0.2) is 4.79 Å². The molecular weight excluding hydrogens is 338 g/mol. The fraction of sp³-hybridized carbons (Fsp3) is 0.0667. The van der Waals surface area contributed by atoms with Gasteiger partial charge in [-0.1, -0.05) is 6.07 Å². The number of aryl methyl sites for hydroxylation is 1. The molecule has 0 aliphatic heterocycles. The molecule has 2 N–H and O–H groups in total. The van der Waals surface area contributed by atoms with Crippen molar-refractivity contribution in [2.24, 2.45) is 0 Å². The summed E-state index contributed by atoms with van der Waals surface area (Å²) < 4.78 is 5.80. The van der Waals surface area contributed by atoms with Gasteiger partial charge in [0.05, 0.1) is 5.56 Å². The number of halogens is 1. The molecule has 2 rings (SSSR count). The van der Waals surface area contributed by atoms with Crippen LogP contribution in [0.4, 0.5) is 5.69 Å². The number of hydrogen-bond acceptors (Lipinski definition) is 3. The van der Waals surface area contributed by atoms with Gasteiger partial charge in [0, 0.05) is 11.8 Å². The van der Waals surface area contributed by atoms with Crippen LogP contribution in [-0.4, -0.2) is 17.0 Å². The van der Waals surface area contributed by atoms with E-state index in [9.17, 15) is 9.59 Å². The van der Waals surface area contributed by atoms with Crippen molar-refractivity contribution in [3.05, 3.63) is 58.0 Å². The molecule has 1 aromatic heterocycles. The minimum atomic E-state index is -1.03. The number of nitrogens with one attached hydrogen (secondary N) is 1. The molecule has 6 heteroatoms. The predicted molar refractivity (Wildman–Crippen MR) is 82.2 cm³/mol. The zero-order chi connectivity index (χ0) is 15.4. The third kappa shape index (κ3) is 4.06. The number of carboxylic acids is 1. The van der Waals surface area contributed by atoms with E-state index in [1.54, 1.807) is 31.2 Å². The molecule has 5 nitrogen and oxygen atoms in total. The summed E-state index contributed by atoms with van der Waals surface area (Å²) in [5.41, 5.74) is 1.22. The molecule has 1 aromatic carbocycles. The van der Waals surface area contributed by atoms with E-state index in [2.05, 4.69) is 21.2 Å². The van der Waals surface area contributed by atoms with Gasteiger partial charge in [-0.3, -0.25) is 4.79 Å². The second-order valence-electron chi connectivity index (χ2n) is 4.30. The van der Waals surface area contributed by atoms with Crippen LogP contribution in [0.25, 0.3) is 6.08 Å². The molecule has 21 heavy (non-hydrogen) atoms. The molecular formula is C15H12BrNO4. The van der Waals surface area contributed by atoms with Gasteiger partial charge in [0.15, 0.2) is 4.67 Å². The fourth-order valence-electron chi connectivity index (χ4n) is 1.69. The molecule has 2 aromatic rings. The lowest BCUT2D eigenvalue weighted by atomic mass is 10.1. The number of carboxylic acid groups (broad SMARTS) is 1. The van der Waals surface area contributed by atoms with E-state index >= 15 is 0 Å². The van der Waals surface area contributed by atoms with Crippen molar-refractivity contribution in [3.8, 4) is 0 Å². The highest BCUT2D eigenvalue weighted by Gasteiger charge is 2.08. The number of amides is 1. The summed E-state index contributed by atoms with van der Waals surface area (Å²) in [7, 11) is 0.